The summed E-state index contributed by atoms with van der Waals surface area (Å²) >= 11 is 5.77. The predicted molar refractivity (Wildman–Crippen MR) is 114 cm³/mol. The number of aromatic hydroxyl groups is 1. The van der Waals surface area contributed by atoms with Crippen LogP contribution in [0.5, 0.6) is 5.75 Å². The minimum absolute atomic E-state index is 0.0802. The molecule has 8 nitrogen and oxygen atoms in total. The molecule has 0 bridgehead atoms. The summed E-state index contributed by atoms with van der Waals surface area (Å²) in [6.07, 6.45) is 2.67. The molecule has 4 rings (SSSR count). The van der Waals surface area contributed by atoms with E-state index >= 15 is 0 Å². The van der Waals surface area contributed by atoms with Crippen molar-refractivity contribution in [2.45, 2.75) is 24.9 Å². The van der Waals surface area contributed by atoms with E-state index in [0.29, 0.717) is 26.0 Å². The van der Waals surface area contributed by atoms with E-state index in [-0.39, 0.29) is 34.3 Å². The standard InChI is InChI=1S/C22H23ClFN3O5/c1-26-11-22(6-12(7-22)10-32-2)27-9-14(18(28)19(29)17(27)21(26)31)20(30)25-8-13-4-3-5-15(23)16(13)24/h3-5,9,12,29H,6-8,10-11H2,1-2H3,(H,25,30). The second-order valence-electron chi connectivity index (χ2n) is 8.45. The van der Waals surface area contributed by atoms with Gasteiger partial charge >= 0.3 is 0 Å². The number of methoxy groups -OCH3 is 1. The highest BCUT2D eigenvalue weighted by Gasteiger charge is 2.51. The quantitative estimate of drug-likeness (QED) is 0.707. The molecule has 1 aliphatic carbocycles. The summed E-state index contributed by atoms with van der Waals surface area (Å²) in [4.78, 5) is 39.7. The van der Waals surface area contributed by atoms with Crippen LogP contribution in [0.1, 0.15) is 39.3 Å². The lowest BCUT2D eigenvalue weighted by Gasteiger charge is -2.54. The number of nitrogens with zero attached hydrogens (tertiary/aromatic N) is 2. The summed E-state index contributed by atoms with van der Waals surface area (Å²) < 4.78 is 20.9. The molecular weight excluding hydrogens is 441 g/mol. The van der Waals surface area contributed by atoms with Crippen LogP contribution < -0.4 is 10.7 Å². The minimum Gasteiger partial charge on any atom is -0.503 e. The van der Waals surface area contributed by atoms with Crippen LogP contribution in [0, 0.1) is 11.7 Å². The lowest BCUT2D eigenvalue weighted by Crippen LogP contribution is -2.60. The molecule has 10 heteroatoms. The fourth-order valence-corrected chi connectivity index (χ4v) is 4.96. The summed E-state index contributed by atoms with van der Waals surface area (Å²) in [7, 11) is 3.23. The number of halogens is 2. The Balaban J connectivity index is 1.68. The number of nitrogens with one attached hydrogen (secondary N) is 1. The Morgan fingerprint density at radius 2 is 2.09 bits per heavy atom. The Bertz CT molecular complexity index is 1160. The number of fused-ring (bicyclic) bond motifs is 2. The zero-order valence-corrected chi connectivity index (χ0v) is 18.4. The summed E-state index contributed by atoms with van der Waals surface area (Å²) in [6.45, 7) is 0.742. The van der Waals surface area contributed by atoms with E-state index in [9.17, 15) is 23.9 Å². The third kappa shape index (κ3) is 3.55. The van der Waals surface area contributed by atoms with Crippen LogP contribution in [-0.2, 0) is 16.8 Å². The van der Waals surface area contributed by atoms with Crippen molar-refractivity contribution in [2.75, 3.05) is 27.3 Å². The Hall–Kier alpha value is -2.91. The number of amides is 2. The van der Waals surface area contributed by atoms with Crippen molar-refractivity contribution in [1.82, 2.24) is 14.8 Å². The molecule has 2 N–H and O–H groups in total. The molecule has 2 amide bonds. The highest BCUT2D eigenvalue weighted by Crippen LogP contribution is 2.48. The van der Waals surface area contributed by atoms with Crippen LogP contribution >= 0.6 is 11.6 Å². The summed E-state index contributed by atoms with van der Waals surface area (Å²) in [5.41, 5.74) is -1.78. The molecule has 2 aromatic rings. The molecule has 32 heavy (non-hydrogen) atoms. The maximum absolute atomic E-state index is 14.1. The van der Waals surface area contributed by atoms with E-state index in [1.54, 1.807) is 24.8 Å². The predicted octanol–water partition coefficient (Wildman–Crippen LogP) is 2.11. The average molecular weight is 464 g/mol. The van der Waals surface area contributed by atoms with Gasteiger partial charge < -0.3 is 24.6 Å². The van der Waals surface area contributed by atoms with Gasteiger partial charge in [0.15, 0.2) is 11.4 Å². The van der Waals surface area contributed by atoms with Crippen LogP contribution in [0.25, 0.3) is 0 Å². The number of pyridine rings is 1. The maximum atomic E-state index is 14.1. The van der Waals surface area contributed by atoms with Crippen molar-refractivity contribution in [1.29, 1.82) is 0 Å². The number of hydrogen-bond donors (Lipinski definition) is 2. The number of ether oxygens (including phenoxy) is 1. The minimum atomic E-state index is -0.952. The first-order valence-electron chi connectivity index (χ1n) is 10.1. The van der Waals surface area contributed by atoms with Gasteiger partial charge in [-0.05, 0) is 24.8 Å². The molecule has 0 radical (unpaired) electrons. The van der Waals surface area contributed by atoms with Crippen LogP contribution in [0.15, 0.2) is 29.2 Å². The van der Waals surface area contributed by atoms with Crippen molar-refractivity contribution in [2.24, 2.45) is 5.92 Å². The second-order valence-corrected chi connectivity index (χ2v) is 8.86. The summed E-state index contributed by atoms with van der Waals surface area (Å²) in [6, 6.07) is 4.40. The third-order valence-corrected chi connectivity index (χ3v) is 6.52. The monoisotopic (exact) mass is 463 g/mol. The summed E-state index contributed by atoms with van der Waals surface area (Å²) in [5.74, 6) is -2.44. The summed E-state index contributed by atoms with van der Waals surface area (Å²) in [5, 5.41) is 13.0. The highest BCUT2D eigenvalue weighted by atomic mass is 35.5. The zero-order valence-electron chi connectivity index (χ0n) is 17.7. The van der Waals surface area contributed by atoms with E-state index < -0.39 is 34.3 Å². The highest BCUT2D eigenvalue weighted by molar-refractivity contribution is 6.30. The molecule has 1 spiro atoms. The van der Waals surface area contributed by atoms with Gasteiger partial charge in [-0.2, -0.15) is 0 Å². The molecule has 1 aliphatic heterocycles. The van der Waals surface area contributed by atoms with Gasteiger partial charge in [0.1, 0.15) is 11.4 Å². The van der Waals surface area contributed by atoms with Gasteiger partial charge in [-0.25, -0.2) is 4.39 Å². The van der Waals surface area contributed by atoms with Gasteiger partial charge in [0.2, 0.25) is 5.43 Å². The second kappa shape index (κ2) is 8.22. The van der Waals surface area contributed by atoms with Crippen molar-refractivity contribution in [3.8, 4) is 5.75 Å². The number of aromatic nitrogens is 1. The zero-order chi connectivity index (χ0) is 23.2. The topological polar surface area (TPSA) is 101 Å². The van der Waals surface area contributed by atoms with Crippen molar-refractivity contribution >= 4 is 23.4 Å². The molecule has 170 valence electrons. The average Bonchev–Trinajstić information content (AvgIpc) is 2.73. The SMILES string of the molecule is COCC1CC2(C1)CN(C)C(=O)c1c(O)c(=O)c(C(=O)NCc3cccc(Cl)c3F)cn12. The van der Waals surface area contributed by atoms with Gasteiger partial charge in [0.25, 0.3) is 11.8 Å². The number of likely N-dealkylation sites (N-methyl/N-ethyl adjacent to an activating group) is 1. The molecule has 1 aromatic heterocycles. The maximum Gasteiger partial charge on any atom is 0.274 e. The van der Waals surface area contributed by atoms with Gasteiger partial charge in [-0.15, -0.1) is 0 Å². The first-order valence-corrected chi connectivity index (χ1v) is 10.5. The van der Waals surface area contributed by atoms with Crippen LogP contribution in [0.3, 0.4) is 0 Å². The fraction of sp³-hybridized carbons (Fsp3) is 0.409. The van der Waals surface area contributed by atoms with Crippen molar-refractivity contribution in [3.63, 3.8) is 0 Å². The van der Waals surface area contributed by atoms with E-state index in [1.165, 1.54) is 23.2 Å². The normalized spacial score (nSPS) is 21.9. The molecule has 2 heterocycles. The number of rotatable bonds is 5. The van der Waals surface area contributed by atoms with Crippen molar-refractivity contribution < 1.29 is 23.8 Å². The van der Waals surface area contributed by atoms with E-state index in [1.807, 2.05) is 0 Å². The number of hydrogen-bond acceptors (Lipinski definition) is 5. The lowest BCUT2D eigenvalue weighted by molar-refractivity contribution is -0.0190. The molecule has 1 fully saturated rings. The van der Waals surface area contributed by atoms with Crippen molar-refractivity contribution in [3.05, 3.63) is 62.3 Å². The molecule has 0 unspecified atom stereocenters. The molecule has 1 saturated carbocycles. The van der Waals surface area contributed by atoms with E-state index in [2.05, 4.69) is 5.32 Å². The van der Waals surface area contributed by atoms with Gasteiger partial charge in [-0.3, -0.25) is 14.4 Å². The molecule has 0 atom stereocenters. The van der Waals surface area contributed by atoms with Gasteiger partial charge in [-0.1, -0.05) is 23.7 Å². The first-order chi connectivity index (χ1) is 15.2. The smallest absolute Gasteiger partial charge is 0.274 e. The Morgan fingerprint density at radius 3 is 2.78 bits per heavy atom. The van der Waals surface area contributed by atoms with Gasteiger partial charge in [0.05, 0.1) is 10.6 Å². The Labute approximate surface area is 188 Å². The number of benzene rings is 1. The third-order valence-electron chi connectivity index (χ3n) is 6.23. The molecule has 2 aliphatic rings. The lowest BCUT2D eigenvalue weighted by atomic mass is 9.67. The Kier molecular flexibility index (Phi) is 5.72. The van der Waals surface area contributed by atoms with Crippen LogP contribution in [0.4, 0.5) is 4.39 Å². The van der Waals surface area contributed by atoms with Gasteiger partial charge in [0, 0.05) is 45.6 Å². The van der Waals surface area contributed by atoms with E-state index in [0.717, 1.165) is 0 Å². The molecule has 1 aromatic carbocycles. The van der Waals surface area contributed by atoms with Crippen LogP contribution in [0.2, 0.25) is 5.02 Å². The first kappa shape index (κ1) is 22.3. The Morgan fingerprint density at radius 1 is 1.38 bits per heavy atom. The van der Waals surface area contributed by atoms with Crippen LogP contribution in [-0.4, -0.2) is 53.7 Å². The fourth-order valence-electron chi connectivity index (χ4n) is 4.76. The molecule has 0 saturated heterocycles. The number of carbonyl (C=O) groups is 2. The molecular formula is C22H23ClFN3O5. The largest absolute Gasteiger partial charge is 0.503 e. The number of carbonyl (C=O) groups excluding carboxylic acids is 2. The van der Waals surface area contributed by atoms with E-state index in [4.69, 9.17) is 16.3 Å².